The van der Waals surface area contributed by atoms with Crippen molar-refractivity contribution in [2.24, 2.45) is 0 Å². The van der Waals surface area contributed by atoms with Crippen molar-refractivity contribution in [1.29, 1.82) is 0 Å². The lowest BCUT2D eigenvalue weighted by molar-refractivity contribution is 0.446. The monoisotopic (exact) mass is 364 g/mol. The van der Waals surface area contributed by atoms with Crippen molar-refractivity contribution < 1.29 is 9.13 Å². The molecule has 0 aliphatic carbocycles. The molecule has 0 spiro atoms. The van der Waals surface area contributed by atoms with Crippen LogP contribution < -0.4 is 4.74 Å². The molecular weight excluding hydrogens is 347 g/mol. The molecule has 4 aromatic rings. The second-order valence-electron chi connectivity index (χ2n) is 6.08. The van der Waals surface area contributed by atoms with E-state index >= 15 is 0 Å². The Bertz CT molecular complexity index is 1070. The van der Waals surface area contributed by atoms with Gasteiger partial charge >= 0.3 is 0 Å². The first-order valence-corrected chi connectivity index (χ1v) is 9.23. The van der Waals surface area contributed by atoms with Crippen LogP contribution in [0.15, 0.2) is 54.9 Å². The number of hydrogen-bond acceptors (Lipinski definition) is 4. The largest absolute Gasteiger partial charge is 0.453 e. The average molecular weight is 364 g/mol. The maximum Gasteiger partial charge on any atom is 0.165 e. The Morgan fingerprint density at radius 2 is 1.92 bits per heavy atom. The topological polar surface area (TPSA) is 35.0 Å². The minimum absolute atomic E-state index is 0.212. The van der Waals surface area contributed by atoms with Gasteiger partial charge in [-0.2, -0.15) is 0 Å². The lowest BCUT2D eigenvalue weighted by atomic mass is 10.2. The molecule has 26 heavy (non-hydrogen) atoms. The molecule has 0 N–H and O–H groups in total. The first kappa shape index (κ1) is 16.7. The molecule has 3 nitrogen and oxygen atoms in total. The summed E-state index contributed by atoms with van der Waals surface area (Å²) in [5.74, 6) is 0.436. The minimum Gasteiger partial charge on any atom is -0.453 e. The van der Waals surface area contributed by atoms with Gasteiger partial charge in [0.05, 0.1) is 20.8 Å². The molecule has 0 aliphatic heterocycles. The predicted molar refractivity (Wildman–Crippen MR) is 103 cm³/mol. The smallest absolute Gasteiger partial charge is 0.165 e. The highest BCUT2D eigenvalue weighted by Crippen LogP contribution is 2.39. The van der Waals surface area contributed by atoms with Crippen LogP contribution in [0, 0.1) is 12.7 Å². The Balaban J connectivity index is 1.73. The van der Waals surface area contributed by atoms with Gasteiger partial charge in [0.2, 0.25) is 0 Å². The molecule has 0 bridgehead atoms. The second-order valence-corrected chi connectivity index (χ2v) is 7.13. The van der Waals surface area contributed by atoms with Gasteiger partial charge in [0.1, 0.15) is 5.75 Å². The first-order chi connectivity index (χ1) is 12.6. The molecule has 4 rings (SSSR count). The van der Waals surface area contributed by atoms with Crippen LogP contribution in [0.3, 0.4) is 0 Å². The number of halogens is 1. The fourth-order valence-corrected chi connectivity index (χ4v) is 3.75. The van der Waals surface area contributed by atoms with E-state index in [4.69, 9.17) is 4.74 Å². The number of ether oxygens (including phenoxy) is 1. The molecule has 0 amide bonds. The summed E-state index contributed by atoms with van der Waals surface area (Å²) in [7, 11) is 0. The maximum atomic E-state index is 14.1. The molecular formula is C21H17FN2OS. The zero-order valence-electron chi connectivity index (χ0n) is 14.5. The Hall–Kier alpha value is -2.79. The standard InChI is InChI=1S/C21H17FN2OS/c1-3-14-5-6-16(24-12-14)20-11-17-21(26-20)19(8-9-23-17)25-18-7-4-13(2)10-15(18)22/h4-12H,3H2,1-2H3. The average Bonchev–Trinajstić information content (AvgIpc) is 3.09. The van der Waals surface area contributed by atoms with E-state index in [1.165, 1.54) is 11.6 Å². The van der Waals surface area contributed by atoms with Crippen LogP contribution in [-0.4, -0.2) is 9.97 Å². The number of rotatable bonds is 4. The highest BCUT2D eigenvalue weighted by atomic mass is 32.1. The van der Waals surface area contributed by atoms with E-state index in [1.807, 2.05) is 31.3 Å². The van der Waals surface area contributed by atoms with Crippen LogP contribution in [0.4, 0.5) is 4.39 Å². The molecule has 5 heteroatoms. The van der Waals surface area contributed by atoms with Crippen molar-refractivity contribution in [3.05, 3.63) is 71.8 Å². The van der Waals surface area contributed by atoms with E-state index in [-0.39, 0.29) is 11.6 Å². The van der Waals surface area contributed by atoms with Gasteiger partial charge in [-0.1, -0.05) is 19.1 Å². The Morgan fingerprint density at radius 3 is 2.65 bits per heavy atom. The fraction of sp³-hybridized carbons (Fsp3) is 0.143. The summed E-state index contributed by atoms with van der Waals surface area (Å²) in [6.45, 7) is 3.95. The van der Waals surface area contributed by atoms with E-state index in [2.05, 4.69) is 23.0 Å². The summed E-state index contributed by atoms with van der Waals surface area (Å²) in [5, 5.41) is 0. The number of hydrogen-bond donors (Lipinski definition) is 0. The molecule has 0 radical (unpaired) electrons. The van der Waals surface area contributed by atoms with E-state index < -0.39 is 0 Å². The van der Waals surface area contributed by atoms with Crippen molar-refractivity contribution in [3.8, 4) is 22.1 Å². The summed E-state index contributed by atoms with van der Waals surface area (Å²) >= 11 is 1.55. The third-order valence-electron chi connectivity index (χ3n) is 4.17. The van der Waals surface area contributed by atoms with Gasteiger partial charge in [0.15, 0.2) is 11.6 Å². The number of benzene rings is 1. The molecule has 0 unspecified atom stereocenters. The number of pyridine rings is 2. The van der Waals surface area contributed by atoms with Gasteiger partial charge < -0.3 is 4.74 Å². The molecule has 0 saturated carbocycles. The van der Waals surface area contributed by atoms with E-state index in [9.17, 15) is 4.39 Å². The van der Waals surface area contributed by atoms with Gasteiger partial charge in [-0.15, -0.1) is 11.3 Å². The van der Waals surface area contributed by atoms with E-state index in [1.54, 1.807) is 29.7 Å². The van der Waals surface area contributed by atoms with Crippen LogP contribution in [0.5, 0.6) is 11.5 Å². The van der Waals surface area contributed by atoms with Crippen LogP contribution in [0.25, 0.3) is 20.8 Å². The summed E-state index contributed by atoms with van der Waals surface area (Å²) in [4.78, 5) is 9.95. The summed E-state index contributed by atoms with van der Waals surface area (Å²) in [6.07, 6.45) is 4.53. The van der Waals surface area contributed by atoms with Gasteiger partial charge in [0, 0.05) is 18.5 Å². The zero-order valence-corrected chi connectivity index (χ0v) is 15.3. The number of thiophene rings is 1. The molecule has 0 atom stereocenters. The lowest BCUT2D eigenvalue weighted by Crippen LogP contribution is -1.89. The van der Waals surface area contributed by atoms with Crippen molar-refractivity contribution in [2.45, 2.75) is 20.3 Å². The molecule has 0 fully saturated rings. The van der Waals surface area contributed by atoms with E-state index in [0.29, 0.717) is 5.75 Å². The third kappa shape index (κ3) is 3.18. The number of fused-ring (bicyclic) bond motifs is 1. The van der Waals surface area contributed by atoms with E-state index in [0.717, 1.165) is 32.8 Å². The van der Waals surface area contributed by atoms with Crippen LogP contribution in [-0.2, 0) is 6.42 Å². The highest BCUT2D eigenvalue weighted by Gasteiger charge is 2.13. The van der Waals surface area contributed by atoms with Crippen LogP contribution >= 0.6 is 11.3 Å². The second kappa shape index (κ2) is 6.84. The van der Waals surface area contributed by atoms with Crippen LogP contribution in [0.1, 0.15) is 18.1 Å². The zero-order chi connectivity index (χ0) is 18.1. The third-order valence-corrected chi connectivity index (χ3v) is 5.33. The lowest BCUT2D eigenvalue weighted by Gasteiger charge is -2.07. The number of nitrogens with zero attached hydrogens (tertiary/aromatic N) is 2. The highest BCUT2D eigenvalue weighted by molar-refractivity contribution is 7.22. The summed E-state index contributed by atoms with van der Waals surface area (Å²) < 4.78 is 20.8. The van der Waals surface area contributed by atoms with Crippen molar-refractivity contribution in [1.82, 2.24) is 9.97 Å². The molecule has 130 valence electrons. The molecule has 3 heterocycles. The number of aromatic nitrogens is 2. The SMILES string of the molecule is CCc1ccc(-c2cc3nccc(Oc4ccc(C)cc4F)c3s2)nc1. The Labute approximate surface area is 155 Å². The first-order valence-electron chi connectivity index (χ1n) is 8.42. The Morgan fingerprint density at radius 1 is 1.04 bits per heavy atom. The van der Waals surface area contributed by atoms with Gasteiger partial charge in [0.25, 0.3) is 0 Å². The quantitative estimate of drug-likeness (QED) is 0.435. The van der Waals surface area contributed by atoms with Crippen molar-refractivity contribution in [3.63, 3.8) is 0 Å². The van der Waals surface area contributed by atoms with Gasteiger partial charge in [-0.25, -0.2) is 4.39 Å². The normalized spacial score (nSPS) is 11.0. The molecule has 1 aromatic carbocycles. The van der Waals surface area contributed by atoms with Crippen LogP contribution in [0.2, 0.25) is 0 Å². The maximum absolute atomic E-state index is 14.1. The van der Waals surface area contributed by atoms with Crippen molar-refractivity contribution >= 4 is 21.6 Å². The Kier molecular flexibility index (Phi) is 4.39. The van der Waals surface area contributed by atoms with Gasteiger partial charge in [-0.3, -0.25) is 9.97 Å². The predicted octanol–water partition coefficient (Wildman–Crippen LogP) is 6.16. The fourth-order valence-electron chi connectivity index (χ4n) is 2.71. The van der Waals surface area contributed by atoms with Gasteiger partial charge in [-0.05, 0) is 48.7 Å². The summed E-state index contributed by atoms with van der Waals surface area (Å²) in [6, 6.07) is 12.8. The molecule has 0 aliphatic rings. The minimum atomic E-state index is -0.372. The number of aryl methyl sites for hydroxylation is 2. The van der Waals surface area contributed by atoms with Crippen molar-refractivity contribution in [2.75, 3.05) is 0 Å². The summed E-state index contributed by atoms with van der Waals surface area (Å²) in [5.41, 5.74) is 3.77. The molecule has 0 saturated heterocycles. The molecule has 3 aromatic heterocycles.